The molecule has 0 fully saturated rings. The molecule has 0 saturated heterocycles. The van der Waals surface area contributed by atoms with Gasteiger partial charge in [0.05, 0.1) is 18.0 Å². The van der Waals surface area contributed by atoms with Gasteiger partial charge in [0, 0.05) is 19.7 Å². The van der Waals surface area contributed by atoms with Gasteiger partial charge in [0.15, 0.2) is 5.16 Å². The van der Waals surface area contributed by atoms with Crippen LogP contribution in [0.1, 0.15) is 18.4 Å². The maximum absolute atomic E-state index is 12.4. The summed E-state index contributed by atoms with van der Waals surface area (Å²) in [5.74, 6) is 1.60. The Morgan fingerprint density at radius 3 is 2.82 bits per heavy atom. The van der Waals surface area contributed by atoms with Crippen LogP contribution in [0.2, 0.25) is 0 Å². The monoisotopic (exact) mass is 399 g/mol. The first-order valence-electron chi connectivity index (χ1n) is 8.62. The quantitative estimate of drug-likeness (QED) is 0.614. The van der Waals surface area contributed by atoms with Gasteiger partial charge in [0.2, 0.25) is 11.8 Å². The second-order valence-corrected chi connectivity index (χ2v) is 7.21. The number of nitrogens with zero attached hydrogens (tertiary/aromatic N) is 4. The summed E-state index contributed by atoms with van der Waals surface area (Å²) in [5.41, 5.74) is 1.48. The fourth-order valence-electron chi connectivity index (χ4n) is 2.57. The molecule has 0 aliphatic heterocycles. The minimum absolute atomic E-state index is 0.0411. The van der Waals surface area contributed by atoms with Crippen LogP contribution in [0.25, 0.3) is 5.69 Å². The number of aryl methyl sites for hydroxylation is 1. The maximum atomic E-state index is 12.4. The number of aromatic nitrogens is 3. The summed E-state index contributed by atoms with van der Waals surface area (Å²) in [6.45, 7) is 3.74. The normalized spacial score (nSPS) is 10.7. The lowest BCUT2D eigenvalue weighted by Crippen LogP contribution is -2.27. The minimum Gasteiger partial charge on any atom is -0.464 e. The summed E-state index contributed by atoms with van der Waals surface area (Å²) in [7, 11) is 1.74. The minimum atomic E-state index is -0.143. The van der Waals surface area contributed by atoms with Crippen LogP contribution in [0.15, 0.2) is 52.3 Å². The number of nitrogens with one attached hydrogen (secondary N) is 1. The van der Waals surface area contributed by atoms with E-state index in [1.165, 1.54) is 18.7 Å². The number of carbonyl (C=O) groups is 2. The van der Waals surface area contributed by atoms with E-state index < -0.39 is 0 Å². The van der Waals surface area contributed by atoms with Gasteiger partial charge < -0.3 is 14.6 Å². The predicted molar refractivity (Wildman–Crippen MR) is 106 cm³/mol. The van der Waals surface area contributed by atoms with Gasteiger partial charge in [0.1, 0.15) is 17.8 Å². The molecule has 3 rings (SSSR count). The highest BCUT2D eigenvalue weighted by molar-refractivity contribution is 7.99. The van der Waals surface area contributed by atoms with Crippen molar-refractivity contribution in [1.29, 1.82) is 0 Å². The zero-order chi connectivity index (χ0) is 20.1. The molecule has 1 N–H and O–H groups in total. The molecule has 8 nitrogen and oxygen atoms in total. The van der Waals surface area contributed by atoms with Crippen LogP contribution in [0.4, 0.5) is 5.69 Å². The second-order valence-electron chi connectivity index (χ2n) is 6.27. The van der Waals surface area contributed by atoms with Crippen LogP contribution >= 0.6 is 11.8 Å². The van der Waals surface area contributed by atoms with Crippen molar-refractivity contribution in [3.8, 4) is 5.69 Å². The first-order chi connectivity index (χ1) is 13.4. The van der Waals surface area contributed by atoms with E-state index in [4.69, 9.17) is 4.42 Å². The third-order valence-corrected chi connectivity index (χ3v) is 4.83. The number of furan rings is 1. The van der Waals surface area contributed by atoms with E-state index in [0.29, 0.717) is 17.4 Å². The number of thioether (sulfide) groups is 1. The van der Waals surface area contributed by atoms with Crippen molar-refractivity contribution < 1.29 is 14.0 Å². The topological polar surface area (TPSA) is 93.3 Å². The number of benzene rings is 1. The highest BCUT2D eigenvalue weighted by atomic mass is 32.2. The van der Waals surface area contributed by atoms with Gasteiger partial charge in [-0.15, -0.1) is 10.2 Å². The Hall–Kier alpha value is -3.07. The lowest BCUT2D eigenvalue weighted by molar-refractivity contribution is -0.127. The van der Waals surface area contributed by atoms with Gasteiger partial charge in [-0.05, 0) is 37.3 Å². The van der Waals surface area contributed by atoms with Crippen molar-refractivity contribution in [3.63, 3.8) is 0 Å². The van der Waals surface area contributed by atoms with E-state index >= 15 is 0 Å². The molecule has 0 saturated carbocycles. The molecule has 28 heavy (non-hydrogen) atoms. The second kappa shape index (κ2) is 8.75. The Bertz CT molecular complexity index is 981. The molecule has 0 radical (unpaired) electrons. The van der Waals surface area contributed by atoms with Gasteiger partial charge in [-0.25, -0.2) is 0 Å². The maximum Gasteiger partial charge on any atom is 0.233 e. The molecule has 0 aliphatic carbocycles. The lowest BCUT2D eigenvalue weighted by atomic mass is 10.2. The number of amides is 2. The van der Waals surface area contributed by atoms with Crippen LogP contribution in [0.5, 0.6) is 0 Å². The average molecular weight is 399 g/mol. The van der Waals surface area contributed by atoms with E-state index in [2.05, 4.69) is 15.5 Å². The standard InChI is InChI=1S/C19H21N5O3S/c1-13-7-8-17(27-13)10-23(3)18(26)11-28-19-22-20-12-24(19)16-6-4-5-15(9-16)21-14(2)25/h4-9,12H,10-11H2,1-3H3,(H,21,25). The lowest BCUT2D eigenvalue weighted by Gasteiger charge is -2.15. The van der Waals surface area contributed by atoms with Crippen molar-refractivity contribution in [2.24, 2.45) is 0 Å². The number of hydrogen-bond donors (Lipinski definition) is 1. The average Bonchev–Trinajstić information content (AvgIpc) is 3.28. The molecule has 2 aromatic heterocycles. The van der Waals surface area contributed by atoms with Crippen LogP contribution in [0, 0.1) is 6.92 Å². The molecule has 0 unspecified atom stereocenters. The highest BCUT2D eigenvalue weighted by Crippen LogP contribution is 2.22. The molecular weight excluding hydrogens is 378 g/mol. The summed E-state index contributed by atoms with van der Waals surface area (Å²) in [6.07, 6.45) is 1.58. The zero-order valence-electron chi connectivity index (χ0n) is 15.9. The molecule has 0 spiro atoms. The molecule has 3 aromatic rings. The van der Waals surface area contributed by atoms with E-state index in [1.54, 1.807) is 28.9 Å². The Balaban J connectivity index is 1.64. The molecule has 0 bridgehead atoms. The molecule has 0 aliphatic rings. The largest absolute Gasteiger partial charge is 0.464 e. The first kappa shape index (κ1) is 19.7. The number of carbonyl (C=O) groups excluding carboxylic acids is 2. The summed E-state index contributed by atoms with van der Waals surface area (Å²) in [4.78, 5) is 25.3. The van der Waals surface area contributed by atoms with Crippen molar-refractivity contribution >= 4 is 29.3 Å². The Morgan fingerprint density at radius 1 is 1.29 bits per heavy atom. The molecule has 2 heterocycles. The fourth-order valence-corrected chi connectivity index (χ4v) is 3.43. The fraction of sp³-hybridized carbons (Fsp3) is 0.263. The number of anilines is 1. The summed E-state index contributed by atoms with van der Waals surface area (Å²) in [5, 5.41) is 11.4. The molecule has 0 atom stereocenters. The van der Waals surface area contributed by atoms with Crippen molar-refractivity contribution in [3.05, 3.63) is 54.2 Å². The Labute approximate surface area is 166 Å². The smallest absolute Gasteiger partial charge is 0.233 e. The van der Waals surface area contributed by atoms with Crippen LogP contribution in [-0.4, -0.2) is 44.3 Å². The molecule has 1 aromatic carbocycles. The van der Waals surface area contributed by atoms with Crippen LogP contribution < -0.4 is 5.32 Å². The van der Waals surface area contributed by atoms with E-state index in [0.717, 1.165) is 17.2 Å². The highest BCUT2D eigenvalue weighted by Gasteiger charge is 2.15. The summed E-state index contributed by atoms with van der Waals surface area (Å²) in [6, 6.07) is 11.1. The molecule has 2 amide bonds. The SMILES string of the molecule is CC(=O)Nc1cccc(-n2cnnc2SCC(=O)N(C)Cc2ccc(C)o2)c1. The van der Waals surface area contributed by atoms with Gasteiger partial charge >= 0.3 is 0 Å². The Kier molecular flexibility index (Phi) is 6.15. The van der Waals surface area contributed by atoms with Crippen molar-refractivity contribution in [1.82, 2.24) is 19.7 Å². The van der Waals surface area contributed by atoms with Crippen LogP contribution in [0.3, 0.4) is 0 Å². The summed E-state index contributed by atoms with van der Waals surface area (Å²) >= 11 is 1.30. The predicted octanol–water partition coefficient (Wildman–Crippen LogP) is 2.88. The van der Waals surface area contributed by atoms with Gasteiger partial charge in [-0.1, -0.05) is 17.8 Å². The number of rotatable bonds is 7. The van der Waals surface area contributed by atoms with E-state index in [1.807, 2.05) is 37.3 Å². The van der Waals surface area contributed by atoms with E-state index in [9.17, 15) is 9.59 Å². The number of hydrogen-bond acceptors (Lipinski definition) is 6. The molecule has 146 valence electrons. The Morgan fingerprint density at radius 2 is 2.11 bits per heavy atom. The van der Waals surface area contributed by atoms with E-state index in [-0.39, 0.29) is 17.6 Å². The van der Waals surface area contributed by atoms with Crippen LogP contribution in [-0.2, 0) is 16.1 Å². The van der Waals surface area contributed by atoms with Crippen molar-refractivity contribution in [2.75, 3.05) is 18.1 Å². The molecule has 9 heteroatoms. The third-order valence-electron chi connectivity index (χ3n) is 3.90. The van der Waals surface area contributed by atoms with Gasteiger partial charge in [-0.3, -0.25) is 14.2 Å². The summed E-state index contributed by atoms with van der Waals surface area (Å²) < 4.78 is 7.29. The van der Waals surface area contributed by atoms with Gasteiger partial charge in [-0.2, -0.15) is 0 Å². The van der Waals surface area contributed by atoms with Gasteiger partial charge in [0.25, 0.3) is 0 Å². The third kappa shape index (κ3) is 5.01. The van der Waals surface area contributed by atoms with Crippen molar-refractivity contribution in [2.45, 2.75) is 25.5 Å². The molecular formula is C19H21N5O3S. The zero-order valence-corrected chi connectivity index (χ0v) is 16.7. The first-order valence-corrected chi connectivity index (χ1v) is 9.61.